The van der Waals surface area contributed by atoms with Crippen molar-refractivity contribution >= 4 is 34.8 Å². The standard InChI is InChI=1S/C15H14Cl2N2O/c16-12-6-3-7-13(17)14(12)10-8-18-15(19-9-10)20-11-4-1-2-5-11/h1-3,6-8,11H,4-5,9H2,(H,18,19). The summed E-state index contributed by atoms with van der Waals surface area (Å²) in [6.07, 6.45) is 8.18. The van der Waals surface area contributed by atoms with Crippen molar-refractivity contribution in [2.75, 3.05) is 6.54 Å². The molecule has 0 aromatic heterocycles. The van der Waals surface area contributed by atoms with Gasteiger partial charge in [0.25, 0.3) is 6.02 Å². The van der Waals surface area contributed by atoms with Crippen molar-refractivity contribution in [1.29, 1.82) is 0 Å². The molecular formula is C15H14Cl2N2O. The highest BCUT2D eigenvalue weighted by Gasteiger charge is 2.18. The number of hydrogen-bond acceptors (Lipinski definition) is 3. The van der Waals surface area contributed by atoms with Crippen LogP contribution >= 0.6 is 23.2 Å². The van der Waals surface area contributed by atoms with Gasteiger partial charge in [0.05, 0.1) is 6.54 Å². The Labute approximate surface area is 127 Å². The van der Waals surface area contributed by atoms with E-state index in [2.05, 4.69) is 22.5 Å². The number of halogens is 2. The summed E-state index contributed by atoms with van der Waals surface area (Å²) >= 11 is 12.4. The van der Waals surface area contributed by atoms with Crippen molar-refractivity contribution in [2.24, 2.45) is 4.99 Å². The maximum atomic E-state index is 6.20. The molecule has 1 aromatic rings. The lowest BCUT2D eigenvalue weighted by Gasteiger charge is -2.19. The van der Waals surface area contributed by atoms with E-state index in [1.807, 2.05) is 24.4 Å². The van der Waals surface area contributed by atoms with E-state index in [9.17, 15) is 0 Å². The van der Waals surface area contributed by atoms with Gasteiger partial charge in [-0.05, 0) is 12.1 Å². The summed E-state index contributed by atoms with van der Waals surface area (Å²) in [6.45, 7) is 0.506. The summed E-state index contributed by atoms with van der Waals surface area (Å²) in [6, 6.07) is 6.04. The topological polar surface area (TPSA) is 33.6 Å². The molecule has 104 valence electrons. The van der Waals surface area contributed by atoms with E-state index in [0.29, 0.717) is 22.6 Å². The first kappa shape index (κ1) is 13.5. The van der Waals surface area contributed by atoms with Crippen LogP contribution in [0.5, 0.6) is 0 Å². The van der Waals surface area contributed by atoms with Gasteiger partial charge in [-0.2, -0.15) is 0 Å². The molecular weight excluding hydrogens is 295 g/mol. The van der Waals surface area contributed by atoms with Gasteiger partial charge in [-0.3, -0.25) is 0 Å². The Hall–Kier alpha value is -1.45. The Bertz CT molecular complexity index is 580. The van der Waals surface area contributed by atoms with Gasteiger partial charge in [0.15, 0.2) is 0 Å². The molecule has 1 aliphatic carbocycles. The molecule has 0 amide bonds. The van der Waals surface area contributed by atoms with E-state index in [4.69, 9.17) is 27.9 Å². The van der Waals surface area contributed by atoms with Crippen molar-refractivity contribution in [1.82, 2.24) is 5.32 Å². The second kappa shape index (κ2) is 5.90. The quantitative estimate of drug-likeness (QED) is 0.837. The largest absolute Gasteiger partial charge is 0.461 e. The summed E-state index contributed by atoms with van der Waals surface area (Å²) < 4.78 is 5.76. The second-order valence-electron chi connectivity index (χ2n) is 4.71. The molecule has 0 saturated carbocycles. The first-order chi connectivity index (χ1) is 9.74. The average Bonchev–Trinajstić information content (AvgIpc) is 2.93. The van der Waals surface area contributed by atoms with E-state index in [1.165, 1.54) is 0 Å². The molecule has 3 rings (SSSR count). The minimum absolute atomic E-state index is 0.195. The Balaban J connectivity index is 1.69. The minimum atomic E-state index is 0.195. The predicted molar refractivity (Wildman–Crippen MR) is 83.1 cm³/mol. The molecule has 5 heteroatoms. The first-order valence-electron chi connectivity index (χ1n) is 6.50. The van der Waals surface area contributed by atoms with Crippen LogP contribution in [0.4, 0.5) is 0 Å². The number of nitrogens with one attached hydrogen (secondary N) is 1. The van der Waals surface area contributed by atoms with Crippen molar-refractivity contribution in [3.05, 3.63) is 52.2 Å². The van der Waals surface area contributed by atoms with Crippen LogP contribution in [-0.2, 0) is 4.74 Å². The number of amidine groups is 1. The minimum Gasteiger partial charge on any atom is -0.461 e. The highest BCUT2D eigenvalue weighted by molar-refractivity contribution is 6.37. The van der Waals surface area contributed by atoms with E-state index in [0.717, 1.165) is 24.0 Å². The molecule has 0 spiro atoms. The molecule has 0 unspecified atom stereocenters. The smallest absolute Gasteiger partial charge is 0.289 e. The van der Waals surface area contributed by atoms with Crippen molar-refractivity contribution in [3.63, 3.8) is 0 Å². The lowest BCUT2D eigenvalue weighted by molar-refractivity contribution is 0.194. The predicted octanol–water partition coefficient (Wildman–Crippen LogP) is 4.03. The summed E-state index contributed by atoms with van der Waals surface area (Å²) in [7, 11) is 0. The zero-order valence-corrected chi connectivity index (χ0v) is 12.3. The van der Waals surface area contributed by atoms with Crippen LogP contribution < -0.4 is 5.32 Å². The van der Waals surface area contributed by atoms with Crippen LogP contribution in [0.25, 0.3) is 5.57 Å². The Morgan fingerprint density at radius 3 is 2.45 bits per heavy atom. The number of benzene rings is 1. The highest BCUT2D eigenvalue weighted by atomic mass is 35.5. The molecule has 0 radical (unpaired) electrons. The van der Waals surface area contributed by atoms with E-state index in [1.54, 1.807) is 0 Å². The van der Waals surface area contributed by atoms with Crippen LogP contribution in [0.2, 0.25) is 10.0 Å². The van der Waals surface area contributed by atoms with Crippen LogP contribution in [0.15, 0.2) is 41.5 Å². The van der Waals surface area contributed by atoms with E-state index < -0.39 is 0 Å². The zero-order chi connectivity index (χ0) is 13.9. The fourth-order valence-electron chi connectivity index (χ4n) is 2.27. The third-order valence-corrected chi connectivity index (χ3v) is 3.92. The summed E-state index contributed by atoms with van der Waals surface area (Å²) in [4.78, 5) is 4.40. The van der Waals surface area contributed by atoms with Crippen LogP contribution in [-0.4, -0.2) is 18.7 Å². The van der Waals surface area contributed by atoms with Crippen LogP contribution in [0.1, 0.15) is 18.4 Å². The Morgan fingerprint density at radius 1 is 1.15 bits per heavy atom. The van der Waals surface area contributed by atoms with Gasteiger partial charge in [0, 0.05) is 40.2 Å². The SMILES string of the molecule is Clc1cccc(Cl)c1C1=CNC(OC2CC=CC2)=NC1. The molecule has 0 saturated heterocycles. The molecule has 0 atom stereocenters. The van der Waals surface area contributed by atoms with Crippen LogP contribution in [0.3, 0.4) is 0 Å². The molecule has 0 fully saturated rings. The molecule has 2 aliphatic rings. The van der Waals surface area contributed by atoms with Gasteiger partial charge >= 0.3 is 0 Å². The average molecular weight is 309 g/mol. The molecule has 3 nitrogen and oxygen atoms in total. The van der Waals surface area contributed by atoms with Crippen molar-refractivity contribution < 1.29 is 4.74 Å². The van der Waals surface area contributed by atoms with E-state index >= 15 is 0 Å². The maximum Gasteiger partial charge on any atom is 0.289 e. The number of hydrogen-bond donors (Lipinski definition) is 1. The Morgan fingerprint density at radius 2 is 1.85 bits per heavy atom. The fraction of sp³-hybridized carbons (Fsp3) is 0.267. The normalized spacial score (nSPS) is 18.5. The molecule has 0 bridgehead atoms. The van der Waals surface area contributed by atoms with Crippen LogP contribution in [0, 0.1) is 0 Å². The van der Waals surface area contributed by atoms with Gasteiger partial charge < -0.3 is 10.1 Å². The fourth-order valence-corrected chi connectivity index (χ4v) is 2.91. The van der Waals surface area contributed by atoms with Gasteiger partial charge in [0.2, 0.25) is 0 Å². The molecule has 1 N–H and O–H groups in total. The number of nitrogens with zero attached hydrogens (tertiary/aromatic N) is 1. The third kappa shape index (κ3) is 2.84. The molecule has 1 aromatic carbocycles. The van der Waals surface area contributed by atoms with Crippen molar-refractivity contribution in [2.45, 2.75) is 18.9 Å². The number of aliphatic imine (C=N–C) groups is 1. The lowest BCUT2D eigenvalue weighted by Crippen LogP contribution is -2.29. The first-order valence-corrected chi connectivity index (χ1v) is 7.25. The van der Waals surface area contributed by atoms with Gasteiger partial charge in [-0.25, -0.2) is 4.99 Å². The monoisotopic (exact) mass is 308 g/mol. The molecule has 1 heterocycles. The highest BCUT2D eigenvalue weighted by Crippen LogP contribution is 2.31. The zero-order valence-electron chi connectivity index (χ0n) is 10.8. The molecule has 20 heavy (non-hydrogen) atoms. The molecule has 1 aliphatic heterocycles. The van der Waals surface area contributed by atoms with Gasteiger partial charge in [-0.1, -0.05) is 41.4 Å². The van der Waals surface area contributed by atoms with E-state index in [-0.39, 0.29) is 6.10 Å². The summed E-state index contributed by atoms with van der Waals surface area (Å²) in [5.74, 6) is 0. The number of ether oxygens (including phenoxy) is 1. The summed E-state index contributed by atoms with van der Waals surface area (Å²) in [5.41, 5.74) is 1.78. The summed E-state index contributed by atoms with van der Waals surface area (Å²) in [5, 5.41) is 4.33. The lowest BCUT2D eigenvalue weighted by atomic mass is 10.1. The number of rotatable bonds is 2. The van der Waals surface area contributed by atoms with Gasteiger partial charge in [0.1, 0.15) is 6.10 Å². The second-order valence-corrected chi connectivity index (χ2v) is 5.53. The van der Waals surface area contributed by atoms with Crippen molar-refractivity contribution in [3.8, 4) is 0 Å². The Kier molecular flexibility index (Phi) is 3.99. The van der Waals surface area contributed by atoms with Gasteiger partial charge in [-0.15, -0.1) is 0 Å². The third-order valence-electron chi connectivity index (χ3n) is 3.29. The maximum absolute atomic E-state index is 6.20.